The van der Waals surface area contributed by atoms with Gasteiger partial charge in [0.15, 0.2) is 0 Å². The fraction of sp³-hybridized carbons (Fsp3) is 0.700. The van der Waals surface area contributed by atoms with E-state index in [1.165, 1.54) is 0 Å². The lowest BCUT2D eigenvalue weighted by Gasteiger charge is -2.16. The molecule has 1 unspecified atom stereocenters. The molecule has 0 spiro atoms. The second kappa shape index (κ2) is 6.20. The minimum atomic E-state index is -1.42. The molecule has 1 aliphatic heterocycles. The second-order valence-electron chi connectivity index (χ2n) is 4.35. The number of nitrogens with zero attached hydrogens (tertiary/aromatic N) is 1. The highest BCUT2D eigenvalue weighted by atomic mass is 16.4. The predicted molar refractivity (Wildman–Crippen MR) is 61.2 cm³/mol. The molecule has 0 saturated carbocycles. The van der Waals surface area contributed by atoms with E-state index < -0.39 is 30.4 Å². The van der Waals surface area contributed by atoms with Crippen LogP contribution in [0.5, 0.6) is 0 Å². The number of hydrogen-bond acceptors (Lipinski definition) is 4. The van der Waals surface area contributed by atoms with E-state index in [1.54, 1.807) is 0 Å². The van der Waals surface area contributed by atoms with E-state index in [2.05, 4.69) is 10.6 Å². The van der Waals surface area contributed by atoms with E-state index in [0.29, 0.717) is 6.54 Å². The van der Waals surface area contributed by atoms with E-state index in [0.717, 1.165) is 13.0 Å². The zero-order valence-corrected chi connectivity index (χ0v) is 10.0. The molecule has 8 heteroatoms. The van der Waals surface area contributed by atoms with Gasteiger partial charge < -0.3 is 25.7 Å². The Morgan fingerprint density at radius 3 is 2.50 bits per heavy atom. The van der Waals surface area contributed by atoms with Crippen molar-refractivity contribution in [3.05, 3.63) is 0 Å². The second-order valence-corrected chi connectivity index (χ2v) is 4.35. The fourth-order valence-electron chi connectivity index (χ4n) is 1.81. The molecule has 1 heterocycles. The van der Waals surface area contributed by atoms with Gasteiger partial charge in [-0.2, -0.15) is 0 Å². The van der Waals surface area contributed by atoms with Crippen LogP contribution in [0.3, 0.4) is 0 Å². The Hall–Kier alpha value is -1.83. The molecular weight excluding hydrogens is 242 g/mol. The Morgan fingerprint density at radius 1 is 1.39 bits per heavy atom. The number of urea groups is 1. The van der Waals surface area contributed by atoms with E-state index in [-0.39, 0.29) is 6.04 Å². The largest absolute Gasteiger partial charge is 0.481 e. The van der Waals surface area contributed by atoms with Gasteiger partial charge in [-0.15, -0.1) is 0 Å². The first-order valence-electron chi connectivity index (χ1n) is 5.58. The fourth-order valence-corrected chi connectivity index (χ4v) is 1.81. The Kier molecular flexibility index (Phi) is 4.90. The van der Waals surface area contributed by atoms with Gasteiger partial charge >= 0.3 is 18.0 Å². The van der Waals surface area contributed by atoms with Crippen molar-refractivity contribution in [1.82, 2.24) is 15.5 Å². The summed E-state index contributed by atoms with van der Waals surface area (Å²) in [6, 6.07) is -2.10. The van der Waals surface area contributed by atoms with Crippen molar-refractivity contribution < 1.29 is 24.6 Å². The van der Waals surface area contributed by atoms with Crippen molar-refractivity contribution in [1.29, 1.82) is 0 Å². The van der Waals surface area contributed by atoms with E-state index in [1.807, 2.05) is 11.9 Å². The molecule has 0 aromatic heterocycles. The van der Waals surface area contributed by atoms with Crippen molar-refractivity contribution in [2.24, 2.45) is 0 Å². The van der Waals surface area contributed by atoms with Gasteiger partial charge in [0, 0.05) is 12.6 Å². The maximum atomic E-state index is 11.5. The van der Waals surface area contributed by atoms with Gasteiger partial charge in [0.2, 0.25) is 0 Å². The third-order valence-corrected chi connectivity index (χ3v) is 2.71. The van der Waals surface area contributed by atoms with Crippen LogP contribution in [0.2, 0.25) is 0 Å². The summed E-state index contributed by atoms with van der Waals surface area (Å²) in [5.41, 5.74) is 0. The summed E-state index contributed by atoms with van der Waals surface area (Å²) in [6.07, 6.45) is 0.147. The zero-order valence-electron chi connectivity index (χ0n) is 10.0. The normalized spacial score (nSPS) is 21.3. The number of nitrogens with one attached hydrogen (secondary N) is 2. The lowest BCUT2D eigenvalue weighted by molar-refractivity contribution is -0.145. The maximum Gasteiger partial charge on any atom is 0.326 e. The van der Waals surface area contributed by atoms with Crippen molar-refractivity contribution in [3.8, 4) is 0 Å². The Bertz CT molecular complexity index is 346. The molecule has 1 saturated heterocycles. The number of likely N-dealkylation sites (N-methyl/N-ethyl adjacent to an activating group) is 1. The summed E-state index contributed by atoms with van der Waals surface area (Å²) in [6.45, 7) is 1.56. The van der Waals surface area contributed by atoms with Crippen LogP contribution in [-0.4, -0.2) is 65.3 Å². The number of aliphatic carboxylic acids is 2. The molecule has 18 heavy (non-hydrogen) atoms. The molecule has 2 atom stereocenters. The highest BCUT2D eigenvalue weighted by molar-refractivity contribution is 5.86. The van der Waals surface area contributed by atoms with Crippen LogP contribution >= 0.6 is 0 Å². The molecule has 1 rings (SSSR count). The van der Waals surface area contributed by atoms with E-state index in [4.69, 9.17) is 10.2 Å². The number of carboxylic acid groups (broad SMARTS) is 2. The molecule has 4 N–H and O–H groups in total. The topological polar surface area (TPSA) is 119 Å². The Labute approximate surface area is 104 Å². The number of likely N-dealkylation sites (tertiary alicyclic amines) is 1. The van der Waals surface area contributed by atoms with Gasteiger partial charge in [0.25, 0.3) is 0 Å². The molecule has 2 amide bonds. The molecule has 0 aromatic rings. The number of carbonyl (C=O) groups is 3. The molecule has 8 nitrogen and oxygen atoms in total. The van der Waals surface area contributed by atoms with Gasteiger partial charge in [-0.25, -0.2) is 9.59 Å². The number of amides is 2. The van der Waals surface area contributed by atoms with Crippen LogP contribution in [0.25, 0.3) is 0 Å². The summed E-state index contributed by atoms with van der Waals surface area (Å²) in [5.74, 6) is -2.64. The molecule has 0 bridgehead atoms. The lowest BCUT2D eigenvalue weighted by atomic mass is 10.2. The number of rotatable bonds is 5. The number of carbonyl (C=O) groups excluding carboxylic acids is 1. The standard InChI is InChI=1S/C10H17N3O5/c1-13-3-2-6(5-13)11-10(18)12-7(9(16)17)4-8(14)15/h6-7H,2-5H2,1H3,(H,14,15)(H,16,17)(H2,11,12,18)/t6?,7-/m0/s1. The van der Waals surface area contributed by atoms with Crippen LogP contribution in [0.1, 0.15) is 12.8 Å². The van der Waals surface area contributed by atoms with Gasteiger partial charge in [0.1, 0.15) is 6.04 Å². The van der Waals surface area contributed by atoms with Crippen molar-refractivity contribution in [2.45, 2.75) is 24.9 Å². The molecule has 0 radical (unpaired) electrons. The number of carboxylic acids is 2. The monoisotopic (exact) mass is 259 g/mol. The summed E-state index contributed by atoms with van der Waals surface area (Å²) in [7, 11) is 1.92. The quantitative estimate of drug-likeness (QED) is 0.498. The Balaban J connectivity index is 2.41. The maximum absolute atomic E-state index is 11.5. The minimum Gasteiger partial charge on any atom is -0.481 e. The average Bonchev–Trinajstić information content (AvgIpc) is 2.62. The van der Waals surface area contributed by atoms with E-state index >= 15 is 0 Å². The first kappa shape index (κ1) is 14.2. The molecule has 1 aliphatic rings. The molecule has 0 aromatic carbocycles. The first-order chi connectivity index (χ1) is 8.38. The molecule has 0 aliphatic carbocycles. The third-order valence-electron chi connectivity index (χ3n) is 2.71. The molecule has 102 valence electrons. The van der Waals surface area contributed by atoms with E-state index in [9.17, 15) is 14.4 Å². The average molecular weight is 259 g/mol. The van der Waals surface area contributed by atoms with Crippen LogP contribution in [0.15, 0.2) is 0 Å². The van der Waals surface area contributed by atoms with Crippen molar-refractivity contribution >= 4 is 18.0 Å². The van der Waals surface area contributed by atoms with Crippen LogP contribution in [-0.2, 0) is 9.59 Å². The smallest absolute Gasteiger partial charge is 0.326 e. The zero-order chi connectivity index (χ0) is 13.7. The SMILES string of the molecule is CN1CCC(NC(=O)N[C@@H](CC(=O)O)C(=O)O)C1. The Morgan fingerprint density at radius 2 is 2.06 bits per heavy atom. The summed E-state index contributed by atoms with van der Waals surface area (Å²) < 4.78 is 0. The van der Waals surface area contributed by atoms with Gasteiger partial charge in [0.05, 0.1) is 6.42 Å². The third kappa shape index (κ3) is 4.58. The summed E-state index contributed by atoms with van der Waals surface area (Å²) in [5, 5.41) is 22.0. The minimum absolute atomic E-state index is 0.0331. The highest BCUT2D eigenvalue weighted by Gasteiger charge is 2.25. The van der Waals surface area contributed by atoms with Crippen LogP contribution in [0, 0.1) is 0 Å². The van der Waals surface area contributed by atoms with Gasteiger partial charge in [-0.3, -0.25) is 4.79 Å². The summed E-state index contributed by atoms with van der Waals surface area (Å²) >= 11 is 0. The summed E-state index contributed by atoms with van der Waals surface area (Å²) in [4.78, 5) is 34.7. The predicted octanol–water partition coefficient (Wildman–Crippen LogP) is -1.08. The van der Waals surface area contributed by atoms with Gasteiger partial charge in [-0.1, -0.05) is 0 Å². The van der Waals surface area contributed by atoms with Crippen molar-refractivity contribution in [2.75, 3.05) is 20.1 Å². The lowest BCUT2D eigenvalue weighted by Crippen LogP contribution is -2.50. The van der Waals surface area contributed by atoms with Crippen LogP contribution < -0.4 is 10.6 Å². The first-order valence-corrected chi connectivity index (χ1v) is 5.58. The molecular formula is C10H17N3O5. The molecule has 1 fully saturated rings. The number of hydrogen-bond donors (Lipinski definition) is 4. The van der Waals surface area contributed by atoms with Crippen LogP contribution in [0.4, 0.5) is 4.79 Å². The highest BCUT2D eigenvalue weighted by Crippen LogP contribution is 2.05. The van der Waals surface area contributed by atoms with Crippen molar-refractivity contribution in [3.63, 3.8) is 0 Å². The van der Waals surface area contributed by atoms with Gasteiger partial charge in [-0.05, 0) is 20.0 Å².